The van der Waals surface area contributed by atoms with Crippen molar-refractivity contribution in [2.24, 2.45) is 4.99 Å². The molecule has 0 aliphatic carbocycles. The fourth-order valence-electron chi connectivity index (χ4n) is 3.28. The van der Waals surface area contributed by atoms with Crippen LogP contribution in [0, 0.1) is 0 Å². The second-order valence-corrected chi connectivity index (χ2v) is 7.37. The van der Waals surface area contributed by atoms with Gasteiger partial charge in [0.1, 0.15) is 0 Å². The van der Waals surface area contributed by atoms with Gasteiger partial charge in [0.25, 0.3) is 0 Å². The number of hydrogen-bond donors (Lipinski definition) is 1. The summed E-state index contributed by atoms with van der Waals surface area (Å²) in [7, 11) is 2.06. The molecule has 0 spiro atoms. The smallest absolute Gasteiger partial charge is 0.194 e. The van der Waals surface area contributed by atoms with E-state index in [1.54, 1.807) is 0 Å². The fraction of sp³-hybridized carbons (Fsp3) is 0.650. The molecule has 1 unspecified atom stereocenters. The number of piperazine rings is 1. The van der Waals surface area contributed by atoms with Crippen molar-refractivity contribution in [3.8, 4) is 0 Å². The van der Waals surface area contributed by atoms with Crippen LogP contribution in [0.2, 0.25) is 5.02 Å². The average Bonchev–Trinajstić information content (AvgIpc) is 2.66. The molecule has 6 heteroatoms. The zero-order chi connectivity index (χ0) is 18.9. The first-order chi connectivity index (χ1) is 12.5. The van der Waals surface area contributed by atoms with E-state index >= 15 is 0 Å². The monoisotopic (exact) mass is 379 g/mol. The summed E-state index contributed by atoms with van der Waals surface area (Å²) in [5.41, 5.74) is 1.12. The van der Waals surface area contributed by atoms with Crippen LogP contribution in [0.5, 0.6) is 0 Å². The van der Waals surface area contributed by atoms with Crippen molar-refractivity contribution in [2.75, 3.05) is 52.9 Å². The highest BCUT2D eigenvalue weighted by Gasteiger charge is 2.20. The zero-order valence-corrected chi connectivity index (χ0v) is 17.5. The van der Waals surface area contributed by atoms with E-state index in [0.717, 1.165) is 68.9 Å². The summed E-state index contributed by atoms with van der Waals surface area (Å²) in [6, 6.07) is 8.45. The highest BCUT2D eigenvalue weighted by molar-refractivity contribution is 6.31. The predicted molar refractivity (Wildman–Crippen MR) is 112 cm³/mol. The van der Waals surface area contributed by atoms with E-state index in [1.807, 2.05) is 18.2 Å². The zero-order valence-electron chi connectivity index (χ0n) is 16.7. The molecule has 1 aliphatic rings. The Morgan fingerprint density at radius 1 is 1.23 bits per heavy atom. The van der Waals surface area contributed by atoms with E-state index in [4.69, 9.17) is 16.6 Å². The maximum Gasteiger partial charge on any atom is 0.194 e. The highest BCUT2D eigenvalue weighted by atomic mass is 35.5. The third-order valence-corrected chi connectivity index (χ3v) is 5.41. The van der Waals surface area contributed by atoms with Gasteiger partial charge in [-0.3, -0.25) is 9.89 Å². The van der Waals surface area contributed by atoms with Crippen molar-refractivity contribution in [2.45, 2.75) is 33.4 Å². The Hall–Kier alpha value is -1.30. The van der Waals surface area contributed by atoms with Crippen molar-refractivity contribution >= 4 is 17.6 Å². The maximum atomic E-state index is 6.31. The van der Waals surface area contributed by atoms with Gasteiger partial charge in [0, 0.05) is 57.4 Å². The molecular formula is C20H34ClN5. The van der Waals surface area contributed by atoms with Crippen LogP contribution in [0.4, 0.5) is 0 Å². The molecule has 1 heterocycles. The minimum absolute atomic E-state index is 0.455. The normalized spacial score (nSPS) is 18.0. The number of nitrogens with zero attached hydrogens (tertiary/aromatic N) is 4. The molecule has 1 N–H and O–H groups in total. The molecule has 1 saturated heterocycles. The molecule has 5 nitrogen and oxygen atoms in total. The Morgan fingerprint density at radius 3 is 2.54 bits per heavy atom. The van der Waals surface area contributed by atoms with Gasteiger partial charge in [-0.05, 0) is 32.0 Å². The standard InChI is InChI=1S/C20H34ClN5/c1-5-22-20(24(4)16-18-9-7-8-10-19(18)21)23-15-17(3)26-13-11-25(6-2)12-14-26/h7-10,17H,5-6,11-16H2,1-4H3,(H,22,23). The van der Waals surface area contributed by atoms with Gasteiger partial charge in [0.05, 0.1) is 6.54 Å². The molecule has 0 bridgehead atoms. The summed E-state index contributed by atoms with van der Waals surface area (Å²) in [5, 5.41) is 4.21. The molecule has 1 atom stereocenters. The summed E-state index contributed by atoms with van der Waals surface area (Å²) in [4.78, 5) is 12.1. The molecule has 0 radical (unpaired) electrons. The molecular weight excluding hydrogens is 346 g/mol. The summed E-state index contributed by atoms with van der Waals surface area (Å²) in [6.45, 7) is 14.8. The van der Waals surface area contributed by atoms with Crippen molar-refractivity contribution in [1.29, 1.82) is 0 Å². The van der Waals surface area contributed by atoms with E-state index in [9.17, 15) is 0 Å². The van der Waals surface area contributed by atoms with Gasteiger partial charge in [-0.2, -0.15) is 0 Å². The van der Waals surface area contributed by atoms with E-state index < -0.39 is 0 Å². The van der Waals surface area contributed by atoms with Gasteiger partial charge in [-0.25, -0.2) is 0 Å². The molecule has 1 aromatic carbocycles. The van der Waals surface area contributed by atoms with E-state index in [-0.39, 0.29) is 0 Å². The number of guanidine groups is 1. The first-order valence-electron chi connectivity index (χ1n) is 9.74. The second-order valence-electron chi connectivity index (χ2n) is 6.96. The fourth-order valence-corrected chi connectivity index (χ4v) is 3.48. The number of rotatable bonds is 7. The third-order valence-electron chi connectivity index (χ3n) is 5.04. The Morgan fingerprint density at radius 2 is 1.92 bits per heavy atom. The lowest BCUT2D eigenvalue weighted by Gasteiger charge is -2.37. The van der Waals surface area contributed by atoms with Crippen LogP contribution in [0.15, 0.2) is 29.3 Å². The van der Waals surface area contributed by atoms with Crippen LogP contribution < -0.4 is 5.32 Å². The van der Waals surface area contributed by atoms with Crippen LogP contribution in [-0.2, 0) is 6.54 Å². The summed E-state index contributed by atoms with van der Waals surface area (Å²) in [5.74, 6) is 0.937. The number of aliphatic imine (C=N–C) groups is 1. The number of hydrogen-bond acceptors (Lipinski definition) is 3. The molecule has 1 aromatic rings. The van der Waals surface area contributed by atoms with Gasteiger partial charge in [-0.1, -0.05) is 36.7 Å². The van der Waals surface area contributed by atoms with Crippen LogP contribution in [0.3, 0.4) is 0 Å². The minimum atomic E-state index is 0.455. The summed E-state index contributed by atoms with van der Waals surface area (Å²) >= 11 is 6.31. The minimum Gasteiger partial charge on any atom is -0.357 e. The average molecular weight is 380 g/mol. The molecule has 0 amide bonds. The predicted octanol–water partition coefficient (Wildman–Crippen LogP) is 2.76. The molecule has 2 rings (SSSR count). The van der Waals surface area contributed by atoms with Crippen LogP contribution in [0.25, 0.3) is 0 Å². The molecule has 26 heavy (non-hydrogen) atoms. The lowest BCUT2D eigenvalue weighted by Crippen LogP contribution is -2.50. The summed E-state index contributed by atoms with van der Waals surface area (Å²) < 4.78 is 0. The highest BCUT2D eigenvalue weighted by Crippen LogP contribution is 2.16. The Balaban J connectivity index is 1.94. The second kappa shape index (κ2) is 10.8. The van der Waals surface area contributed by atoms with Gasteiger partial charge >= 0.3 is 0 Å². The number of likely N-dealkylation sites (N-methyl/N-ethyl adjacent to an activating group) is 1. The molecule has 0 saturated carbocycles. The first-order valence-corrected chi connectivity index (χ1v) is 10.1. The Bertz CT molecular complexity index is 569. The topological polar surface area (TPSA) is 34.1 Å². The molecule has 146 valence electrons. The first kappa shape index (κ1) is 21.0. The van der Waals surface area contributed by atoms with Gasteiger partial charge in [-0.15, -0.1) is 0 Å². The molecule has 0 aromatic heterocycles. The van der Waals surface area contributed by atoms with Crippen molar-refractivity contribution in [3.63, 3.8) is 0 Å². The van der Waals surface area contributed by atoms with Crippen LogP contribution in [0.1, 0.15) is 26.3 Å². The summed E-state index contributed by atoms with van der Waals surface area (Å²) in [6.07, 6.45) is 0. The van der Waals surface area contributed by atoms with Crippen molar-refractivity contribution in [3.05, 3.63) is 34.9 Å². The number of halogens is 1. The van der Waals surface area contributed by atoms with Crippen LogP contribution in [-0.4, -0.2) is 79.6 Å². The van der Waals surface area contributed by atoms with Crippen LogP contribution >= 0.6 is 11.6 Å². The lowest BCUT2D eigenvalue weighted by molar-refractivity contribution is 0.109. The Kier molecular flexibility index (Phi) is 8.69. The van der Waals surface area contributed by atoms with E-state index in [0.29, 0.717) is 6.04 Å². The molecule has 1 fully saturated rings. The maximum absolute atomic E-state index is 6.31. The SMILES string of the molecule is CCNC(=NCC(C)N1CCN(CC)CC1)N(C)Cc1ccccc1Cl. The third kappa shape index (κ3) is 6.15. The molecule has 1 aliphatic heterocycles. The van der Waals surface area contributed by atoms with Crippen molar-refractivity contribution in [1.82, 2.24) is 20.0 Å². The van der Waals surface area contributed by atoms with Gasteiger partial charge in [0.15, 0.2) is 5.96 Å². The van der Waals surface area contributed by atoms with Crippen molar-refractivity contribution < 1.29 is 0 Å². The van der Waals surface area contributed by atoms with Gasteiger partial charge < -0.3 is 15.1 Å². The number of benzene rings is 1. The van der Waals surface area contributed by atoms with E-state index in [1.165, 1.54) is 0 Å². The largest absolute Gasteiger partial charge is 0.357 e. The van der Waals surface area contributed by atoms with Gasteiger partial charge in [0.2, 0.25) is 0 Å². The number of nitrogens with one attached hydrogen (secondary N) is 1. The quantitative estimate of drug-likeness (QED) is 0.583. The van der Waals surface area contributed by atoms with E-state index in [2.05, 4.69) is 53.9 Å². The lowest BCUT2D eigenvalue weighted by atomic mass is 10.2. The Labute approximate surface area is 164 Å².